The summed E-state index contributed by atoms with van der Waals surface area (Å²) in [6.45, 7) is 2.20. The largest absolute Gasteiger partial charge is 0.397 e. The van der Waals surface area contributed by atoms with Gasteiger partial charge in [-0.3, -0.25) is 14.8 Å². The van der Waals surface area contributed by atoms with Gasteiger partial charge in [0, 0.05) is 55.1 Å². The second-order valence-electron chi connectivity index (χ2n) is 8.67. The molecule has 4 aromatic rings. The molecule has 2 aromatic heterocycles. The van der Waals surface area contributed by atoms with Crippen molar-refractivity contribution in [2.75, 3.05) is 12.3 Å². The van der Waals surface area contributed by atoms with Gasteiger partial charge in [0.25, 0.3) is 5.91 Å². The van der Waals surface area contributed by atoms with Crippen LogP contribution in [0.5, 0.6) is 0 Å². The van der Waals surface area contributed by atoms with Gasteiger partial charge in [-0.05, 0) is 53.2 Å². The van der Waals surface area contributed by atoms with Crippen molar-refractivity contribution in [2.45, 2.75) is 19.5 Å². The molecule has 1 aliphatic heterocycles. The number of pyridine rings is 2. The van der Waals surface area contributed by atoms with Crippen LogP contribution in [0, 0.1) is 0 Å². The number of nitrogens with two attached hydrogens (primary N) is 1. The lowest BCUT2D eigenvalue weighted by atomic mass is 10.1. The molecule has 2 aromatic carbocycles. The summed E-state index contributed by atoms with van der Waals surface area (Å²) in [6.07, 6.45) is 12.5. The lowest BCUT2D eigenvalue weighted by Crippen LogP contribution is -2.23. The number of hydrogen-bond acceptors (Lipinski definition) is 5. The molecule has 0 saturated carbocycles. The Bertz CT molecular complexity index is 1410. The van der Waals surface area contributed by atoms with Crippen molar-refractivity contribution in [3.05, 3.63) is 125 Å². The zero-order valence-electron chi connectivity index (χ0n) is 19.4. The number of carbonyl (C=O) groups excluding carboxylic acids is 1. The summed E-state index contributed by atoms with van der Waals surface area (Å²) in [5.41, 5.74) is 12.2. The van der Waals surface area contributed by atoms with Crippen molar-refractivity contribution in [3.63, 3.8) is 0 Å². The number of nitrogens with one attached hydrogen (secondary N) is 1. The average Bonchev–Trinajstić information content (AvgIpc) is 2.89. The highest BCUT2D eigenvalue weighted by atomic mass is 16.1. The highest BCUT2D eigenvalue weighted by Gasteiger charge is 2.09. The van der Waals surface area contributed by atoms with E-state index in [0.29, 0.717) is 24.2 Å². The van der Waals surface area contributed by atoms with E-state index in [1.807, 2.05) is 30.3 Å². The lowest BCUT2D eigenvalue weighted by molar-refractivity contribution is 0.0950. The summed E-state index contributed by atoms with van der Waals surface area (Å²) in [5, 5.41) is 3.94. The Hall–Kier alpha value is -4.45. The van der Waals surface area contributed by atoms with Crippen molar-refractivity contribution >= 4 is 22.5 Å². The summed E-state index contributed by atoms with van der Waals surface area (Å²) in [6, 6.07) is 19.9. The first-order chi connectivity index (χ1) is 17.1. The summed E-state index contributed by atoms with van der Waals surface area (Å²) in [4.78, 5) is 23.9. The number of hydrogen-bond donors (Lipinski definition) is 2. The van der Waals surface area contributed by atoms with Gasteiger partial charge in [-0.15, -0.1) is 0 Å². The molecule has 1 amide bonds. The van der Waals surface area contributed by atoms with Crippen LogP contribution in [0.2, 0.25) is 0 Å². The number of nitrogen functional groups attached to an aromatic ring is 1. The van der Waals surface area contributed by atoms with E-state index in [0.717, 1.165) is 40.8 Å². The Morgan fingerprint density at radius 2 is 1.83 bits per heavy atom. The average molecular weight is 462 g/mol. The Balaban J connectivity index is 1.19. The molecule has 35 heavy (non-hydrogen) atoms. The zero-order valence-corrected chi connectivity index (χ0v) is 19.4. The number of allylic oxidation sites excluding steroid dienone is 2. The number of nitrogens with zero attached hydrogens (tertiary/aromatic N) is 3. The molecule has 0 aliphatic carbocycles. The van der Waals surface area contributed by atoms with Crippen molar-refractivity contribution in [2.24, 2.45) is 0 Å². The van der Waals surface area contributed by atoms with Crippen LogP contribution in [-0.2, 0) is 19.5 Å². The monoisotopic (exact) mass is 461 g/mol. The molecule has 5 rings (SSSR count). The molecule has 0 unspecified atom stereocenters. The quantitative estimate of drug-likeness (QED) is 0.393. The highest BCUT2D eigenvalue weighted by molar-refractivity contribution is 5.94. The van der Waals surface area contributed by atoms with E-state index in [9.17, 15) is 4.79 Å². The molecule has 0 radical (unpaired) electrons. The third-order valence-corrected chi connectivity index (χ3v) is 6.01. The SMILES string of the molecule is Nc1cccc2cc(CNC(=O)c3ccnc(Cc4ccc(CN5C=CC=CC5)cc4)c3)cnc12. The molecular formula is C29H27N5O. The number of aromatic nitrogens is 2. The molecule has 6 nitrogen and oxygen atoms in total. The van der Waals surface area contributed by atoms with Gasteiger partial charge in [-0.1, -0.05) is 48.6 Å². The first-order valence-electron chi connectivity index (χ1n) is 11.7. The first kappa shape index (κ1) is 22.3. The van der Waals surface area contributed by atoms with Gasteiger partial charge < -0.3 is 16.0 Å². The predicted octanol–water partition coefficient (Wildman–Crippen LogP) is 4.62. The van der Waals surface area contributed by atoms with Crippen molar-refractivity contribution < 1.29 is 4.79 Å². The van der Waals surface area contributed by atoms with E-state index in [1.165, 1.54) is 5.56 Å². The third kappa shape index (κ3) is 5.55. The molecular weight excluding hydrogens is 434 g/mol. The summed E-state index contributed by atoms with van der Waals surface area (Å²) >= 11 is 0. The van der Waals surface area contributed by atoms with Gasteiger partial charge in [-0.2, -0.15) is 0 Å². The number of fused-ring (bicyclic) bond motifs is 1. The molecule has 0 bridgehead atoms. The fourth-order valence-electron chi connectivity index (χ4n) is 4.16. The Morgan fingerprint density at radius 3 is 2.66 bits per heavy atom. The van der Waals surface area contributed by atoms with Crippen LogP contribution >= 0.6 is 0 Å². The third-order valence-electron chi connectivity index (χ3n) is 6.01. The summed E-state index contributed by atoms with van der Waals surface area (Å²) in [7, 11) is 0. The van der Waals surface area contributed by atoms with Gasteiger partial charge in [-0.25, -0.2) is 0 Å². The predicted molar refractivity (Wildman–Crippen MR) is 140 cm³/mol. The molecule has 174 valence electrons. The summed E-state index contributed by atoms with van der Waals surface area (Å²) < 4.78 is 0. The second kappa shape index (κ2) is 10.2. The van der Waals surface area contributed by atoms with Gasteiger partial charge in [0.1, 0.15) is 0 Å². The zero-order chi connectivity index (χ0) is 24.0. The van der Waals surface area contributed by atoms with Crippen LogP contribution in [0.1, 0.15) is 32.7 Å². The minimum Gasteiger partial charge on any atom is -0.397 e. The molecule has 3 heterocycles. The number of carbonyl (C=O) groups is 1. The molecule has 0 saturated heterocycles. The van der Waals surface area contributed by atoms with Crippen molar-refractivity contribution in [1.29, 1.82) is 0 Å². The maximum absolute atomic E-state index is 12.8. The Kier molecular flexibility index (Phi) is 6.52. The molecule has 0 atom stereocenters. The molecule has 6 heteroatoms. The topological polar surface area (TPSA) is 84.1 Å². The Labute approximate surface area is 204 Å². The van der Waals surface area contributed by atoms with Crippen LogP contribution in [-0.4, -0.2) is 27.3 Å². The van der Waals surface area contributed by atoms with Crippen LogP contribution in [0.15, 0.2) is 97.5 Å². The maximum Gasteiger partial charge on any atom is 0.251 e. The van der Waals surface area contributed by atoms with E-state index in [2.05, 4.69) is 68.9 Å². The highest BCUT2D eigenvalue weighted by Crippen LogP contribution is 2.19. The van der Waals surface area contributed by atoms with E-state index in [4.69, 9.17) is 5.73 Å². The fourth-order valence-corrected chi connectivity index (χ4v) is 4.16. The van der Waals surface area contributed by atoms with E-state index >= 15 is 0 Å². The number of amides is 1. The molecule has 0 spiro atoms. The van der Waals surface area contributed by atoms with Crippen molar-refractivity contribution in [3.8, 4) is 0 Å². The standard InChI is InChI=1S/C29H27N5O/c30-27-6-4-5-24-15-23(18-32-28(24)27)19-33-29(35)25-11-12-31-26(17-25)16-21-7-9-22(10-8-21)20-34-13-2-1-3-14-34/h1-13,15,17-18H,14,16,19-20,30H2,(H,33,35). The van der Waals surface area contributed by atoms with E-state index in [1.54, 1.807) is 18.5 Å². The molecule has 3 N–H and O–H groups in total. The van der Waals surface area contributed by atoms with Crippen LogP contribution in [0.3, 0.4) is 0 Å². The number of anilines is 1. The van der Waals surface area contributed by atoms with Crippen LogP contribution in [0.4, 0.5) is 5.69 Å². The number of benzene rings is 2. The first-order valence-corrected chi connectivity index (χ1v) is 11.7. The van der Waals surface area contributed by atoms with E-state index in [-0.39, 0.29) is 5.91 Å². The second-order valence-corrected chi connectivity index (χ2v) is 8.67. The van der Waals surface area contributed by atoms with E-state index < -0.39 is 0 Å². The van der Waals surface area contributed by atoms with Gasteiger partial charge in [0.05, 0.1) is 11.2 Å². The smallest absolute Gasteiger partial charge is 0.251 e. The van der Waals surface area contributed by atoms with Gasteiger partial charge in [0.15, 0.2) is 0 Å². The van der Waals surface area contributed by atoms with Crippen LogP contribution < -0.4 is 11.1 Å². The fraction of sp³-hybridized carbons (Fsp3) is 0.138. The Morgan fingerprint density at radius 1 is 0.971 bits per heavy atom. The van der Waals surface area contributed by atoms with Gasteiger partial charge >= 0.3 is 0 Å². The maximum atomic E-state index is 12.8. The number of para-hydroxylation sites is 1. The van der Waals surface area contributed by atoms with Crippen LogP contribution in [0.25, 0.3) is 10.9 Å². The lowest BCUT2D eigenvalue weighted by Gasteiger charge is -2.20. The van der Waals surface area contributed by atoms with Gasteiger partial charge in [0.2, 0.25) is 0 Å². The minimum atomic E-state index is -0.139. The normalized spacial score (nSPS) is 12.7. The van der Waals surface area contributed by atoms with Crippen molar-refractivity contribution in [1.82, 2.24) is 20.2 Å². The molecule has 0 fully saturated rings. The summed E-state index contributed by atoms with van der Waals surface area (Å²) in [5.74, 6) is -0.139. The number of rotatable bonds is 7. The molecule has 1 aliphatic rings. The minimum absolute atomic E-state index is 0.139.